The molecule has 3 aromatic heterocycles. The predicted octanol–water partition coefficient (Wildman–Crippen LogP) is 3.73. The third-order valence-electron chi connectivity index (χ3n) is 5.77. The van der Waals surface area contributed by atoms with Crippen molar-refractivity contribution in [3.05, 3.63) is 48.3 Å². The molecule has 1 amide bonds. The van der Waals surface area contributed by atoms with Crippen LogP contribution in [0.1, 0.15) is 36.3 Å². The van der Waals surface area contributed by atoms with Gasteiger partial charge in [-0.05, 0) is 18.9 Å². The molecule has 4 heterocycles. The molecule has 9 nitrogen and oxygen atoms in total. The number of nitrogens with zero attached hydrogens (tertiary/aromatic N) is 7. The number of aromatic nitrogens is 6. The Balaban J connectivity index is 1.61. The topological polar surface area (TPSA) is 98.9 Å². The van der Waals surface area contributed by atoms with Crippen molar-refractivity contribution in [3.63, 3.8) is 0 Å². The standard InChI is InChI=1S/C22H22F5N7O2/c1-3-33-10-15(18-28-5-4-6-29-18)17(32-33)19(35)34-12-21(23,24)7-13(2)16(34)11-36-20-30-8-14(9-31-20)22(25,26)27/h4-6,8-10,13,16H,3,7,11-12H2,1-2H3/t13-,16-/m1/s1. The van der Waals surface area contributed by atoms with Crippen molar-refractivity contribution in [1.82, 2.24) is 34.6 Å². The fraction of sp³-hybridized carbons (Fsp3) is 0.455. The SMILES string of the molecule is CCn1cc(-c2ncccn2)c(C(=O)N2CC(F)(F)C[C@@H](C)[C@H]2COc2ncc(C(F)(F)F)cn2)n1. The van der Waals surface area contributed by atoms with Crippen LogP contribution in [-0.4, -0.2) is 65.6 Å². The lowest BCUT2D eigenvalue weighted by Gasteiger charge is -2.42. The van der Waals surface area contributed by atoms with E-state index < -0.39 is 48.5 Å². The van der Waals surface area contributed by atoms with Crippen molar-refractivity contribution in [3.8, 4) is 17.4 Å². The minimum absolute atomic E-state index is 0.0938. The van der Waals surface area contributed by atoms with Crippen LogP contribution in [-0.2, 0) is 12.7 Å². The van der Waals surface area contributed by atoms with Gasteiger partial charge >= 0.3 is 12.2 Å². The van der Waals surface area contributed by atoms with E-state index in [2.05, 4.69) is 25.0 Å². The van der Waals surface area contributed by atoms with E-state index >= 15 is 0 Å². The first kappa shape index (κ1) is 25.4. The molecular formula is C22H22F5N7O2. The third-order valence-corrected chi connectivity index (χ3v) is 5.77. The van der Waals surface area contributed by atoms with Crippen LogP contribution in [0.3, 0.4) is 0 Å². The molecule has 4 rings (SSSR count). The minimum atomic E-state index is -4.62. The molecule has 0 spiro atoms. The van der Waals surface area contributed by atoms with Gasteiger partial charge in [-0.15, -0.1) is 0 Å². The Morgan fingerprint density at radius 2 is 1.83 bits per heavy atom. The van der Waals surface area contributed by atoms with E-state index in [0.29, 0.717) is 18.9 Å². The quantitative estimate of drug-likeness (QED) is 0.465. The molecule has 0 saturated carbocycles. The molecule has 1 aliphatic rings. The molecule has 0 bridgehead atoms. The summed E-state index contributed by atoms with van der Waals surface area (Å²) in [5, 5.41) is 4.27. The molecule has 0 unspecified atom stereocenters. The molecule has 0 radical (unpaired) electrons. The van der Waals surface area contributed by atoms with Crippen LogP contribution in [0.25, 0.3) is 11.4 Å². The number of piperidine rings is 1. The number of likely N-dealkylation sites (tertiary alicyclic amines) is 1. The number of ether oxygens (including phenoxy) is 1. The summed E-state index contributed by atoms with van der Waals surface area (Å²) in [6, 6.07) is 0.381. The van der Waals surface area contributed by atoms with Crippen molar-refractivity contribution in [1.29, 1.82) is 0 Å². The van der Waals surface area contributed by atoms with Crippen LogP contribution in [0.4, 0.5) is 22.0 Å². The Morgan fingerprint density at radius 1 is 1.17 bits per heavy atom. The summed E-state index contributed by atoms with van der Waals surface area (Å²) in [6.45, 7) is 2.57. The van der Waals surface area contributed by atoms with Crippen molar-refractivity contribution < 1.29 is 31.5 Å². The zero-order valence-electron chi connectivity index (χ0n) is 19.3. The van der Waals surface area contributed by atoms with E-state index in [-0.39, 0.29) is 29.7 Å². The van der Waals surface area contributed by atoms with Gasteiger partial charge in [-0.1, -0.05) is 6.92 Å². The summed E-state index contributed by atoms with van der Waals surface area (Å²) in [6.07, 6.45) is 0.537. The molecule has 0 N–H and O–H groups in total. The molecule has 36 heavy (non-hydrogen) atoms. The van der Waals surface area contributed by atoms with Gasteiger partial charge in [0.15, 0.2) is 11.5 Å². The maximum Gasteiger partial charge on any atom is 0.419 e. The summed E-state index contributed by atoms with van der Waals surface area (Å²) in [5.41, 5.74) is -0.863. The van der Waals surface area contributed by atoms with Gasteiger partial charge in [0.1, 0.15) is 6.61 Å². The largest absolute Gasteiger partial charge is 0.461 e. The minimum Gasteiger partial charge on any atom is -0.461 e. The van der Waals surface area contributed by atoms with Crippen LogP contribution >= 0.6 is 0 Å². The van der Waals surface area contributed by atoms with Crippen LogP contribution < -0.4 is 4.74 Å². The van der Waals surface area contributed by atoms with Crippen LogP contribution in [0.15, 0.2) is 37.1 Å². The number of rotatable bonds is 6. The van der Waals surface area contributed by atoms with Crippen LogP contribution in [0.5, 0.6) is 6.01 Å². The molecule has 1 fully saturated rings. The van der Waals surface area contributed by atoms with E-state index in [1.54, 1.807) is 26.1 Å². The molecule has 0 aromatic carbocycles. The number of carbonyl (C=O) groups is 1. The first-order chi connectivity index (χ1) is 17.0. The molecule has 2 atom stereocenters. The number of hydrogen-bond donors (Lipinski definition) is 0. The van der Waals surface area contributed by atoms with Gasteiger partial charge in [0.05, 0.1) is 23.7 Å². The summed E-state index contributed by atoms with van der Waals surface area (Å²) >= 11 is 0. The monoisotopic (exact) mass is 511 g/mol. The average molecular weight is 511 g/mol. The maximum atomic E-state index is 14.6. The molecule has 1 aliphatic heterocycles. The van der Waals surface area contributed by atoms with Crippen molar-refractivity contribution in [2.45, 2.75) is 45.0 Å². The lowest BCUT2D eigenvalue weighted by molar-refractivity contribution is -0.138. The van der Waals surface area contributed by atoms with Crippen LogP contribution in [0.2, 0.25) is 0 Å². The molecule has 3 aromatic rings. The van der Waals surface area contributed by atoms with Crippen molar-refractivity contribution >= 4 is 5.91 Å². The van der Waals surface area contributed by atoms with Crippen LogP contribution in [0, 0.1) is 5.92 Å². The second-order valence-electron chi connectivity index (χ2n) is 8.42. The highest BCUT2D eigenvalue weighted by Gasteiger charge is 2.47. The highest BCUT2D eigenvalue weighted by molar-refractivity contribution is 5.98. The Morgan fingerprint density at radius 3 is 2.44 bits per heavy atom. The lowest BCUT2D eigenvalue weighted by atomic mass is 9.88. The average Bonchev–Trinajstić information content (AvgIpc) is 3.27. The van der Waals surface area contributed by atoms with Crippen molar-refractivity contribution in [2.75, 3.05) is 13.2 Å². The van der Waals surface area contributed by atoms with Gasteiger partial charge in [0.2, 0.25) is 0 Å². The fourth-order valence-electron chi connectivity index (χ4n) is 4.00. The molecule has 1 saturated heterocycles. The second kappa shape index (κ2) is 9.74. The van der Waals surface area contributed by atoms with Crippen molar-refractivity contribution in [2.24, 2.45) is 5.92 Å². The summed E-state index contributed by atoms with van der Waals surface area (Å²) < 4.78 is 74.3. The van der Waals surface area contributed by atoms with E-state index in [1.165, 1.54) is 17.1 Å². The summed E-state index contributed by atoms with van der Waals surface area (Å²) in [4.78, 5) is 29.9. The Kier molecular flexibility index (Phi) is 6.87. The number of hydrogen-bond acceptors (Lipinski definition) is 7. The highest BCUT2D eigenvalue weighted by atomic mass is 19.4. The normalized spacial score (nSPS) is 19.8. The number of aryl methyl sites for hydroxylation is 1. The first-order valence-electron chi connectivity index (χ1n) is 11.0. The summed E-state index contributed by atoms with van der Waals surface area (Å²) in [5.74, 6) is -4.43. The number of carbonyl (C=O) groups excluding carboxylic acids is 1. The lowest BCUT2D eigenvalue weighted by Crippen LogP contribution is -2.57. The van der Waals surface area contributed by atoms with E-state index in [0.717, 1.165) is 4.90 Å². The van der Waals surface area contributed by atoms with Gasteiger partial charge < -0.3 is 9.64 Å². The zero-order chi connectivity index (χ0) is 26.1. The van der Waals surface area contributed by atoms with E-state index in [9.17, 15) is 26.7 Å². The third kappa shape index (κ3) is 5.41. The smallest absolute Gasteiger partial charge is 0.419 e. The maximum absolute atomic E-state index is 14.6. The van der Waals surface area contributed by atoms with E-state index in [4.69, 9.17) is 4.74 Å². The Labute approximate surface area is 202 Å². The Bertz CT molecular complexity index is 1200. The Hall–Kier alpha value is -3.71. The number of halogens is 5. The zero-order valence-corrected chi connectivity index (χ0v) is 19.3. The first-order valence-corrected chi connectivity index (χ1v) is 11.0. The molecule has 0 aliphatic carbocycles. The van der Waals surface area contributed by atoms with Gasteiger partial charge in [-0.2, -0.15) is 18.3 Å². The molecule has 14 heteroatoms. The van der Waals surface area contributed by atoms with Gasteiger partial charge in [0, 0.05) is 43.9 Å². The second-order valence-corrected chi connectivity index (χ2v) is 8.42. The van der Waals surface area contributed by atoms with Gasteiger partial charge in [0.25, 0.3) is 11.8 Å². The molecular weight excluding hydrogens is 489 g/mol. The highest BCUT2D eigenvalue weighted by Crippen LogP contribution is 2.36. The predicted molar refractivity (Wildman–Crippen MR) is 115 cm³/mol. The molecule has 192 valence electrons. The summed E-state index contributed by atoms with van der Waals surface area (Å²) in [7, 11) is 0. The fourth-order valence-corrected chi connectivity index (χ4v) is 4.00. The van der Waals surface area contributed by atoms with Gasteiger partial charge in [-0.25, -0.2) is 28.7 Å². The number of alkyl halides is 5. The van der Waals surface area contributed by atoms with Gasteiger partial charge in [-0.3, -0.25) is 9.48 Å². The number of amides is 1. The van der Waals surface area contributed by atoms with E-state index in [1.807, 2.05) is 0 Å².